The molecule has 5 rings (SSSR count). The minimum Gasteiger partial charge on any atom is -0.493 e. The van der Waals surface area contributed by atoms with E-state index in [1.54, 1.807) is 33.5 Å². The number of rotatable bonds is 11. The number of ether oxygens (including phenoxy) is 3. The van der Waals surface area contributed by atoms with Crippen LogP contribution in [0.3, 0.4) is 0 Å². The maximum absolute atomic E-state index is 14.1. The van der Waals surface area contributed by atoms with Gasteiger partial charge in [0.25, 0.3) is 0 Å². The van der Waals surface area contributed by atoms with Gasteiger partial charge in [-0.3, -0.25) is 19.3 Å². The van der Waals surface area contributed by atoms with Gasteiger partial charge >= 0.3 is 0 Å². The van der Waals surface area contributed by atoms with Crippen molar-refractivity contribution >= 4 is 29.9 Å². The normalized spacial score (nSPS) is 16.9. The molecule has 264 valence electrons. The number of amides is 2. The lowest BCUT2D eigenvalue weighted by Gasteiger charge is -2.37. The fourth-order valence-electron chi connectivity index (χ4n) is 6.84. The van der Waals surface area contributed by atoms with Crippen molar-refractivity contribution in [2.75, 3.05) is 52.8 Å². The van der Waals surface area contributed by atoms with Crippen LogP contribution in [0.1, 0.15) is 56.3 Å². The average Bonchev–Trinajstić information content (AvgIpc) is 3.34. The van der Waals surface area contributed by atoms with Crippen LogP contribution in [0.5, 0.6) is 17.2 Å². The quantitative estimate of drug-likeness (QED) is 0.273. The lowest BCUT2D eigenvalue weighted by atomic mass is 9.95. The number of methoxy groups -OCH3 is 3. The fourth-order valence-corrected chi connectivity index (χ4v) is 6.84. The van der Waals surface area contributed by atoms with Gasteiger partial charge in [0, 0.05) is 45.2 Å². The molecule has 3 aromatic carbocycles. The van der Waals surface area contributed by atoms with E-state index >= 15 is 0 Å². The second kappa shape index (κ2) is 16.9. The van der Waals surface area contributed by atoms with Gasteiger partial charge in [-0.1, -0.05) is 56.7 Å². The predicted octanol–water partition coefficient (Wildman–Crippen LogP) is 5.46. The summed E-state index contributed by atoms with van der Waals surface area (Å²) in [6, 6.07) is 16.5. The average molecular weight is 693 g/mol. The molecule has 2 amide bonds. The van der Waals surface area contributed by atoms with Gasteiger partial charge in [0.15, 0.2) is 11.5 Å². The van der Waals surface area contributed by atoms with Crippen molar-refractivity contribution in [3.8, 4) is 28.4 Å². The number of piperazine rings is 1. The van der Waals surface area contributed by atoms with E-state index in [1.807, 2.05) is 42.2 Å². The molecule has 11 heteroatoms. The highest BCUT2D eigenvalue weighted by atomic mass is 35.5. The molecule has 0 saturated carbocycles. The van der Waals surface area contributed by atoms with Crippen LogP contribution in [0, 0.1) is 5.92 Å². The molecule has 10 nitrogen and oxygen atoms in total. The van der Waals surface area contributed by atoms with E-state index < -0.39 is 12.1 Å². The van der Waals surface area contributed by atoms with Crippen LogP contribution >= 0.6 is 12.4 Å². The molecule has 2 aliphatic rings. The summed E-state index contributed by atoms with van der Waals surface area (Å²) in [4.78, 5) is 44.7. The lowest BCUT2D eigenvalue weighted by molar-refractivity contribution is -0.135. The van der Waals surface area contributed by atoms with Crippen LogP contribution in [-0.2, 0) is 22.6 Å². The Morgan fingerprint density at radius 2 is 1.63 bits per heavy atom. The number of benzene rings is 2. The largest absolute Gasteiger partial charge is 0.493 e. The minimum absolute atomic E-state index is 0. The zero-order valence-corrected chi connectivity index (χ0v) is 30.2. The van der Waals surface area contributed by atoms with Crippen molar-refractivity contribution in [1.29, 1.82) is 0 Å². The minimum atomic E-state index is -0.581. The number of carbonyl (C=O) groups is 2. The van der Waals surface area contributed by atoms with Gasteiger partial charge < -0.3 is 29.7 Å². The maximum Gasteiger partial charge on any atom is 0.245 e. The Labute approximate surface area is 295 Å². The molecule has 2 N–H and O–H groups in total. The maximum atomic E-state index is 14.1. The Bertz CT molecular complexity index is 1680. The molecule has 1 saturated heterocycles. The van der Waals surface area contributed by atoms with Crippen molar-refractivity contribution < 1.29 is 23.8 Å². The first kappa shape index (κ1) is 37.5. The third-order valence-corrected chi connectivity index (χ3v) is 9.64. The molecule has 1 aliphatic heterocycles. The van der Waals surface area contributed by atoms with Gasteiger partial charge in [0.1, 0.15) is 6.04 Å². The summed E-state index contributed by atoms with van der Waals surface area (Å²) in [5.41, 5.74) is 4.47. The number of hydrogen-bond donors (Lipinski definition) is 2. The van der Waals surface area contributed by atoms with Crippen molar-refractivity contribution in [2.45, 2.75) is 58.7 Å². The van der Waals surface area contributed by atoms with Crippen LogP contribution in [0.15, 0.2) is 59.4 Å². The van der Waals surface area contributed by atoms with Gasteiger partial charge in [0.05, 0.1) is 33.1 Å². The number of anilines is 1. The van der Waals surface area contributed by atoms with Gasteiger partial charge in [-0.15, -0.1) is 12.4 Å². The van der Waals surface area contributed by atoms with Crippen LogP contribution in [0.4, 0.5) is 5.69 Å². The highest BCUT2D eigenvalue weighted by molar-refractivity contribution is 5.86. The Morgan fingerprint density at radius 3 is 2.24 bits per heavy atom. The molecule has 1 fully saturated rings. The summed E-state index contributed by atoms with van der Waals surface area (Å²) in [7, 11) is 4.71. The molecule has 1 aliphatic carbocycles. The van der Waals surface area contributed by atoms with E-state index in [4.69, 9.17) is 14.2 Å². The summed E-state index contributed by atoms with van der Waals surface area (Å²) >= 11 is 0. The molecule has 3 aromatic rings. The van der Waals surface area contributed by atoms with Crippen molar-refractivity contribution in [1.82, 2.24) is 15.1 Å². The standard InChI is InChI=1S/C38H48N4O6.ClH/c1-7-24(2)35(38(45)42-19-17-41(18-20-42)23-26-11-9-8-10-12-26)40-31-16-14-28-29(22-32(31)44)30(39-25(3)43)15-13-27-21-33(46-4)36(47-5)37(48-6)34(27)28;/h8-12,14,16,21-22,24,30,35H,7,13,15,17-20,23H2,1-6H3,(H,39,43)(H,40,44);1H/t24-,30+,35+;/m1./s1. The zero-order valence-electron chi connectivity index (χ0n) is 29.3. The summed E-state index contributed by atoms with van der Waals surface area (Å²) in [5.74, 6) is 1.26. The van der Waals surface area contributed by atoms with Gasteiger partial charge in [-0.05, 0) is 59.2 Å². The van der Waals surface area contributed by atoms with E-state index in [9.17, 15) is 14.4 Å². The first-order chi connectivity index (χ1) is 23.2. The van der Waals surface area contributed by atoms with Gasteiger partial charge in [0.2, 0.25) is 23.0 Å². The van der Waals surface area contributed by atoms with E-state index in [2.05, 4.69) is 34.6 Å². The van der Waals surface area contributed by atoms with Crippen LogP contribution < -0.4 is 30.3 Å². The van der Waals surface area contributed by atoms with E-state index in [0.717, 1.165) is 42.7 Å². The molecule has 0 radical (unpaired) electrons. The highest BCUT2D eigenvalue weighted by Crippen LogP contribution is 2.50. The SMILES string of the molecule is CC[C@@H](C)[C@H](Nc1ccc2c(cc1=O)[C@@H](NC(C)=O)CCc1cc(OC)c(OC)c(OC)c1-2)C(=O)N1CCN(Cc2ccccc2)CC1.Cl. The molecule has 49 heavy (non-hydrogen) atoms. The fraction of sp³-hybridized carbons (Fsp3) is 0.447. The molecule has 3 atom stereocenters. The van der Waals surface area contributed by atoms with Crippen molar-refractivity contribution in [3.63, 3.8) is 0 Å². The third kappa shape index (κ3) is 8.31. The Balaban J connectivity index is 0.00000541. The number of halogens is 1. The van der Waals surface area contributed by atoms with Crippen LogP contribution in [-0.4, -0.2) is 75.2 Å². The van der Waals surface area contributed by atoms with Crippen molar-refractivity contribution in [3.05, 3.63) is 81.5 Å². The van der Waals surface area contributed by atoms with Crippen molar-refractivity contribution in [2.24, 2.45) is 5.92 Å². The molecule has 0 spiro atoms. The number of nitrogens with one attached hydrogen (secondary N) is 2. The van der Waals surface area contributed by atoms with E-state index in [0.29, 0.717) is 54.4 Å². The highest BCUT2D eigenvalue weighted by Gasteiger charge is 2.33. The summed E-state index contributed by atoms with van der Waals surface area (Å²) in [6.07, 6.45) is 1.93. The number of hydrogen-bond acceptors (Lipinski definition) is 8. The molecule has 0 aromatic heterocycles. The summed E-state index contributed by atoms with van der Waals surface area (Å²) in [5, 5.41) is 6.42. The first-order valence-electron chi connectivity index (χ1n) is 16.8. The number of carbonyl (C=O) groups excluding carboxylic acids is 2. The van der Waals surface area contributed by atoms with Gasteiger partial charge in [-0.2, -0.15) is 0 Å². The van der Waals surface area contributed by atoms with Crippen LogP contribution in [0.25, 0.3) is 11.1 Å². The molecule has 0 unspecified atom stereocenters. The lowest BCUT2D eigenvalue weighted by Crippen LogP contribution is -2.54. The van der Waals surface area contributed by atoms with Gasteiger partial charge in [-0.25, -0.2) is 0 Å². The molecule has 1 heterocycles. The number of aryl methyl sites for hydroxylation is 1. The first-order valence-corrected chi connectivity index (χ1v) is 16.8. The van der Waals surface area contributed by atoms with E-state index in [1.165, 1.54) is 12.5 Å². The van der Waals surface area contributed by atoms with Crippen LogP contribution in [0.2, 0.25) is 0 Å². The third-order valence-electron chi connectivity index (χ3n) is 9.64. The Hall–Kier alpha value is -4.28. The van der Waals surface area contributed by atoms with E-state index in [-0.39, 0.29) is 35.6 Å². The molecular weight excluding hydrogens is 644 g/mol. The number of nitrogens with zero attached hydrogens (tertiary/aromatic N) is 2. The summed E-state index contributed by atoms with van der Waals surface area (Å²) in [6.45, 7) is 9.25. The monoisotopic (exact) mass is 692 g/mol. The number of fused-ring (bicyclic) bond motifs is 3. The topological polar surface area (TPSA) is 109 Å². The Kier molecular flexibility index (Phi) is 12.9. The second-order valence-corrected chi connectivity index (χ2v) is 12.7. The Morgan fingerprint density at radius 1 is 0.939 bits per heavy atom. The smallest absolute Gasteiger partial charge is 0.245 e. The summed E-state index contributed by atoms with van der Waals surface area (Å²) < 4.78 is 17.3. The molecular formula is C38H49ClN4O6. The predicted molar refractivity (Wildman–Crippen MR) is 195 cm³/mol. The zero-order chi connectivity index (χ0) is 34.4. The second-order valence-electron chi connectivity index (χ2n) is 12.7. The molecule has 0 bridgehead atoms.